The molecule has 4 fully saturated rings. The number of hydrogen-bond acceptors (Lipinski definition) is 4. The van der Waals surface area contributed by atoms with Crippen LogP contribution in [0.4, 0.5) is 0 Å². The lowest BCUT2D eigenvalue weighted by Crippen LogP contribution is -2.56. The van der Waals surface area contributed by atoms with Crippen LogP contribution >= 0.6 is 0 Å². The molecule has 4 saturated carbocycles. The minimum Gasteiger partial charge on any atom is -0.481 e. The fraction of sp³-hybridized carbons (Fsp3) is 0.920. The molecule has 0 aromatic rings. The number of fused-ring (bicyclic) bond motifs is 5. The van der Waals surface area contributed by atoms with Crippen molar-refractivity contribution in [3.63, 3.8) is 0 Å². The second-order valence-corrected chi connectivity index (χ2v) is 11.7. The highest BCUT2D eigenvalue weighted by Gasteiger charge is 2.61. The van der Waals surface area contributed by atoms with Crippen molar-refractivity contribution in [2.75, 3.05) is 0 Å². The van der Waals surface area contributed by atoms with E-state index in [-0.39, 0.29) is 11.8 Å². The van der Waals surface area contributed by atoms with Crippen LogP contribution < -0.4 is 0 Å². The fourth-order valence-corrected chi connectivity index (χ4v) is 8.94. The summed E-state index contributed by atoms with van der Waals surface area (Å²) >= 11 is 0. The largest absolute Gasteiger partial charge is 0.481 e. The van der Waals surface area contributed by atoms with Gasteiger partial charge >= 0.3 is 5.97 Å². The summed E-state index contributed by atoms with van der Waals surface area (Å²) < 4.78 is 5.10. The predicted octanol–water partition coefficient (Wildman–Crippen LogP) is 5.01. The van der Waals surface area contributed by atoms with Crippen molar-refractivity contribution in [3.8, 4) is 0 Å². The molecule has 0 aliphatic heterocycles. The average Bonchev–Trinajstić information content (AvgIpc) is 3.04. The summed E-state index contributed by atoms with van der Waals surface area (Å²) in [7, 11) is 0. The monoisotopic (exact) mass is 420 g/mol. The molecule has 5 heteroatoms. The van der Waals surface area contributed by atoms with E-state index in [1.807, 2.05) is 0 Å². The van der Waals surface area contributed by atoms with Gasteiger partial charge in [-0.1, -0.05) is 20.8 Å². The normalized spacial score (nSPS) is 48.7. The number of carboxylic acids is 1. The third-order valence-corrected chi connectivity index (χ3v) is 10.5. The lowest BCUT2D eigenvalue weighted by atomic mass is 9.44. The number of aliphatic hydroxyl groups is 1. The summed E-state index contributed by atoms with van der Waals surface area (Å²) in [6, 6.07) is 0. The first-order valence-electron chi connectivity index (χ1n) is 12.2. The van der Waals surface area contributed by atoms with E-state index in [9.17, 15) is 14.7 Å². The molecular weight excluding hydrogens is 380 g/mol. The zero-order valence-corrected chi connectivity index (χ0v) is 18.9. The lowest BCUT2D eigenvalue weighted by Gasteiger charge is -2.62. The molecule has 0 spiro atoms. The number of ether oxygens (including phenoxy) is 1. The van der Waals surface area contributed by atoms with Crippen LogP contribution in [0, 0.1) is 46.3 Å². The van der Waals surface area contributed by atoms with Crippen LogP contribution in [0.15, 0.2) is 0 Å². The third kappa shape index (κ3) is 3.49. The van der Waals surface area contributed by atoms with Gasteiger partial charge in [0, 0.05) is 19.3 Å². The molecule has 0 unspecified atom stereocenters. The molecule has 4 rings (SSSR count). The molecular formula is C25H40O5. The molecule has 5 nitrogen and oxygen atoms in total. The quantitative estimate of drug-likeness (QED) is 0.466. The van der Waals surface area contributed by atoms with Gasteiger partial charge in [-0.2, -0.15) is 0 Å². The van der Waals surface area contributed by atoms with Gasteiger partial charge in [0.2, 0.25) is 5.79 Å². The Morgan fingerprint density at radius 1 is 1.07 bits per heavy atom. The standard InChI is InChI=1S/C25H40O5/c1-16(4-9-22(27)28)19-7-8-20-18-6-5-17-14-25(29,30-15-26)13-12-23(17,2)21(18)10-11-24(19,20)3/h15-21,29H,4-14H2,1-3H3,(H,27,28)/t16-,17-,18+,19-,20+,21+,23+,24-,25-/m1/s1. The SMILES string of the molecule is C[C@H](CCC(=O)O)[C@H]1CC[C@H]2[C@@H]3CC[C@@H]4C[C@](O)(OC=O)CC[C@]4(C)[C@H]3CC[C@]12C. The Morgan fingerprint density at radius 3 is 2.50 bits per heavy atom. The highest BCUT2D eigenvalue weighted by atomic mass is 16.6. The topological polar surface area (TPSA) is 83.8 Å². The highest BCUT2D eigenvalue weighted by molar-refractivity contribution is 5.66. The van der Waals surface area contributed by atoms with Gasteiger partial charge in [0.05, 0.1) is 0 Å². The molecule has 0 heterocycles. The molecule has 30 heavy (non-hydrogen) atoms. The van der Waals surface area contributed by atoms with Crippen molar-refractivity contribution in [1.29, 1.82) is 0 Å². The predicted molar refractivity (Wildman–Crippen MR) is 113 cm³/mol. The van der Waals surface area contributed by atoms with Crippen molar-refractivity contribution in [2.24, 2.45) is 46.3 Å². The zero-order chi connectivity index (χ0) is 21.7. The second kappa shape index (κ2) is 7.79. The van der Waals surface area contributed by atoms with Crippen molar-refractivity contribution < 1.29 is 24.5 Å². The minimum atomic E-state index is -1.26. The summed E-state index contributed by atoms with van der Waals surface area (Å²) in [5.74, 6) is 1.80. The number of hydrogen-bond donors (Lipinski definition) is 2. The molecule has 0 aromatic heterocycles. The van der Waals surface area contributed by atoms with Crippen molar-refractivity contribution in [2.45, 2.75) is 97.2 Å². The lowest BCUT2D eigenvalue weighted by molar-refractivity contribution is -0.243. The molecule has 9 atom stereocenters. The van der Waals surface area contributed by atoms with E-state index < -0.39 is 11.8 Å². The average molecular weight is 421 g/mol. The maximum absolute atomic E-state index is 11.1. The Hall–Kier alpha value is -1.10. The third-order valence-electron chi connectivity index (χ3n) is 10.5. The number of aliphatic carboxylic acids is 1. The van der Waals surface area contributed by atoms with Crippen LogP contribution in [-0.4, -0.2) is 28.4 Å². The number of rotatable bonds is 6. The van der Waals surface area contributed by atoms with Gasteiger partial charge in [-0.15, -0.1) is 0 Å². The maximum Gasteiger partial charge on any atom is 0.303 e. The summed E-state index contributed by atoms with van der Waals surface area (Å²) in [5, 5.41) is 19.8. The fourth-order valence-electron chi connectivity index (χ4n) is 8.94. The molecule has 2 N–H and O–H groups in total. The van der Waals surface area contributed by atoms with Crippen molar-refractivity contribution >= 4 is 12.4 Å². The summed E-state index contributed by atoms with van der Waals surface area (Å²) in [4.78, 5) is 21.9. The molecule has 4 aliphatic carbocycles. The van der Waals surface area contributed by atoms with E-state index in [1.54, 1.807) is 0 Å². The van der Waals surface area contributed by atoms with E-state index in [0.717, 1.165) is 31.1 Å². The van der Waals surface area contributed by atoms with Crippen LogP contribution in [0.3, 0.4) is 0 Å². The Kier molecular flexibility index (Phi) is 5.74. The minimum absolute atomic E-state index is 0.232. The van der Waals surface area contributed by atoms with Crippen LogP contribution in [-0.2, 0) is 14.3 Å². The Balaban J connectivity index is 1.50. The van der Waals surface area contributed by atoms with Crippen LogP contribution in [0.1, 0.15) is 91.4 Å². The van der Waals surface area contributed by atoms with E-state index in [4.69, 9.17) is 9.84 Å². The highest BCUT2D eigenvalue weighted by Crippen LogP contribution is 2.68. The van der Waals surface area contributed by atoms with Gasteiger partial charge in [-0.05, 0) is 97.7 Å². The van der Waals surface area contributed by atoms with Gasteiger partial charge < -0.3 is 14.9 Å². The van der Waals surface area contributed by atoms with Crippen LogP contribution in [0.2, 0.25) is 0 Å². The first kappa shape index (κ1) is 22.1. The first-order valence-corrected chi connectivity index (χ1v) is 12.2. The number of carboxylic acid groups (broad SMARTS) is 1. The smallest absolute Gasteiger partial charge is 0.303 e. The van der Waals surface area contributed by atoms with E-state index in [2.05, 4.69) is 20.8 Å². The molecule has 0 radical (unpaired) electrons. The summed E-state index contributed by atoms with van der Waals surface area (Å²) in [5.41, 5.74) is 0.577. The van der Waals surface area contributed by atoms with Gasteiger partial charge in [0.25, 0.3) is 6.47 Å². The molecule has 170 valence electrons. The molecule has 0 bridgehead atoms. The second-order valence-electron chi connectivity index (χ2n) is 11.7. The zero-order valence-electron chi connectivity index (χ0n) is 18.9. The molecule has 0 saturated heterocycles. The Morgan fingerprint density at radius 2 is 1.80 bits per heavy atom. The van der Waals surface area contributed by atoms with E-state index >= 15 is 0 Å². The molecule has 4 aliphatic rings. The molecule has 0 aromatic carbocycles. The summed E-state index contributed by atoms with van der Waals surface area (Å²) in [6.45, 7) is 7.64. The van der Waals surface area contributed by atoms with Gasteiger partial charge in [0.1, 0.15) is 0 Å². The van der Waals surface area contributed by atoms with Gasteiger partial charge in [-0.3, -0.25) is 9.59 Å². The van der Waals surface area contributed by atoms with E-state index in [1.165, 1.54) is 32.1 Å². The number of carbonyl (C=O) groups excluding carboxylic acids is 1. The Labute approximate surface area is 180 Å². The number of carbonyl (C=O) groups is 2. The summed E-state index contributed by atoms with van der Waals surface area (Å²) in [6.07, 6.45) is 10.5. The van der Waals surface area contributed by atoms with Crippen LogP contribution in [0.5, 0.6) is 0 Å². The van der Waals surface area contributed by atoms with Gasteiger partial charge in [-0.25, -0.2) is 0 Å². The maximum atomic E-state index is 11.1. The first-order chi connectivity index (χ1) is 14.1. The Bertz CT molecular complexity index is 678. The van der Waals surface area contributed by atoms with Crippen molar-refractivity contribution in [1.82, 2.24) is 0 Å². The van der Waals surface area contributed by atoms with Crippen molar-refractivity contribution in [3.05, 3.63) is 0 Å². The molecule has 0 amide bonds. The van der Waals surface area contributed by atoms with Gasteiger partial charge in [0.15, 0.2) is 0 Å². The van der Waals surface area contributed by atoms with Crippen LogP contribution in [0.25, 0.3) is 0 Å². The van der Waals surface area contributed by atoms with E-state index in [0.29, 0.717) is 48.4 Å².